The van der Waals surface area contributed by atoms with Crippen molar-refractivity contribution in [3.63, 3.8) is 0 Å². The smallest absolute Gasteiger partial charge is 0.303 e. The molecular weight excluding hydrogens is 592 g/mol. The van der Waals surface area contributed by atoms with Crippen molar-refractivity contribution in [1.82, 2.24) is 5.32 Å². The average molecular weight is 635 g/mol. The number of aliphatic carboxylic acids is 1. The molecule has 0 radical (unpaired) electrons. The van der Waals surface area contributed by atoms with Gasteiger partial charge in [-0.25, -0.2) is 0 Å². The second-order valence-corrected chi connectivity index (χ2v) is 12.3. The van der Waals surface area contributed by atoms with E-state index < -0.39 is 12.3 Å². The Hall–Kier alpha value is -3.70. The van der Waals surface area contributed by atoms with Gasteiger partial charge in [0.25, 0.3) is 0 Å². The van der Waals surface area contributed by atoms with Crippen LogP contribution in [-0.4, -0.2) is 39.9 Å². The zero-order valence-corrected chi connectivity index (χ0v) is 26.4. The number of anilines is 1. The molecule has 4 rings (SSSR count). The van der Waals surface area contributed by atoms with E-state index in [0.717, 1.165) is 52.1 Å². The van der Waals surface area contributed by atoms with E-state index >= 15 is 0 Å². The van der Waals surface area contributed by atoms with Crippen LogP contribution < -0.4 is 10.6 Å². The summed E-state index contributed by atoms with van der Waals surface area (Å²) in [4.78, 5) is 35.3. The van der Waals surface area contributed by atoms with Gasteiger partial charge in [-0.2, -0.15) is 0 Å². The van der Waals surface area contributed by atoms with Crippen molar-refractivity contribution in [3.8, 4) is 0 Å². The number of ether oxygens (including phenoxy) is 2. The highest BCUT2D eigenvalue weighted by molar-refractivity contribution is 7.99. The summed E-state index contributed by atoms with van der Waals surface area (Å²) in [6, 6.07) is 23.4. The van der Waals surface area contributed by atoms with Gasteiger partial charge in [0, 0.05) is 54.6 Å². The summed E-state index contributed by atoms with van der Waals surface area (Å²) in [6.45, 7) is 1.89. The molecule has 1 aliphatic heterocycles. The lowest BCUT2D eigenvalue weighted by atomic mass is 10.0. The van der Waals surface area contributed by atoms with E-state index in [2.05, 4.69) is 10.6 Å². The zero-order valence-electron chi connectivity index (χ0n) is 25.6. The highest BCUT2D eigenvalue weighted by atomic mass is 32.2. The third-order valence-corrected chi connectivity index (χ3v) is 8.66. The minimum Gasteiger partial charge on any atom is -0.481 e. The summed E-state index contributed by atoms with van der Waals surface area (Å²) in [6.07, 6.45) is 3.47. The van der Waals surface area contributed by atoms with Crippen LogP contribution in [0.4, 0.5) is 5.69 Å². The summed E-state index contributed by atoms with van der Waals surface area (Å²) < 4.78 is 12.9. The largest absolute Gasteiger partial charge is 0.481 e. The number of aliphatic hydroxyl groups is 1. The molecule has 1 heterocycles. The molecule has 1 fully saturated rings. The van der Waals surface area contributed by atoms with Crippen molar-refractivity contribution in [2.45, 2.75) is 88.4 Å². The van der Waals surface area contributed by atoms with Gasteiger partial charge in [0.15, 0.2) is 6.29 Å². The Morgan fingerprint density at radius 2 is 1.47 bits per heavy atom. The van der Waals surface area contributed by atoms with E-state index in [9.17, 15) is 19.5 Å². The fourth-order valence-electron chi connectivity index (χ4n) is 5.05. The van der Waals surface area contributed by atoms with Gasteiger partial charge >= 0.3 is 5.97 Å². The van der Waals surface area contributed by atoms with Crippen LogP contribution >= 0.6 is 11.8 Å². The fraction of sp³-hybridized carbons (Fsp3) is 0.400. The van der Waals surface area contributed by atoms with E-state index in [1.165, 1.54) is 6.92 Å². The Bertz CT molecular complexity index is 1380. The van der Waals surface area contributed by atoms with Crippen LogP contribution in [0.1, 0.15) is 86.5 Å². The van der Waals surface area contributed by atoms with Gasteiger partial charge in [-0.15, -0.1) is 11.8 Å². The van der Waals surface area contributed by atoms with Gasteiger partial charge in [-0.05, 0) is 53.8 Å². The number of amides is 2. The molecule has 45 heavy (non-hydrogen) atoms. The molecule has 0 bridgehead atoms. The number of unbranched alkanes of at least 4 members (excludes halogenated alkanes) is 3. The van der Waals surface area contributed by atoms with Crippen molar-refractivity contribution in [2.75, 3.05) is 11.1 Å². The maximum atomic E-state index is 12.3. The highest BCUT2D eigenvalue weighted by Crippen LogP contribution is 2.39. The molecule has 4 N–H and O–H groups in total. The third-order valence-electron chi connectivity index (χ3n) is 7.51. The zero-order chi connectivity index (χ0) is 32.0. The van der Waals surface area contributed by atoms with Crippen molar-refractivity contribution < 1.29 is 34.1 Å². The average Bonchev–Trinajstić information content (AvgIpc) is 3.05. The number of nitrogens with one attached hydrogen (secondary N) is 2. The summed E-state index contributed by atoms with van der Waals surface area (Å²) in [5, 5.41) is 23.9. The van der Waals surface area contributed by atoms with Gasteiger partial charge in [0.2, 0.25) is 11.8 Å². The van der Waals surface area contributed by atoms with Crippen LogP contribution in [0.3, 0.4) is 0 Å². The van der Waals surface area contributed by atoms with E-state index in [1.54, 1.807) is 11.8 Å². The number of carbonyl (C=O) groups excluding carboxylic acids is 2. The highest BCUT2D eigenvalue weighted by Gasteiger charge is 2.32. The molecule has 0 spiro atoms. The number of carboxylic acids is 1. The predicted molar refractivity (Wildman–Crippen MR) is 174 cm³/mol. The SMILES string of the molecule is CC(=O)Nc1ccc(SC[C@@H]2C[C@H](c3ccc(CO)cc3)O[C@H](c3ccc(CNC(=O)CCCCCCC(=O)O)cc3)O2)cc1. The van der Waals surface area contributed by atoms with Crippen LogP contribution in [0.15, 0.2) is 77.7 Å². The first-order valence-electron chi connectivity index (χ1n) is 15.4. The monoisotopic (exact) mass is 634 g/mol. The van der Waals surface area contributed by atoms with Crippen molar-refractivity contribution in [1.29, 1.82) is 0 Å². The molecule has 1 aliphatic rings. The molecule has 1 saturated heterocycles. The first-order valence-corrected chi connectivity index (χ1v) is 16.4. The van der Waals surface area contributed by atoms with Crippen molar-refractivity contribution in [3.05, 3.63) is 95.1 Å². The quantitative estimate of drug-likeness (QED) is 0.103. The first-order chi connectivity index (χ1) is 21.8. The number of hydrogen-bond acceptors (Lipinski definition) is 7. The number of carbonyl (C=O) groups is 3. The lowest BCUT2D eigenvalue weighted by Crippen LogP contribution is -2.31. The Kier molecular flexibility index (Phi) is 13.4. The second-order valence-electron chi connectivity index (χ2n) is 11.2. The van der Waals surface area contributed by atoms with Crippen LogP contribution in [-0.2, 0) is 37.0 Å². The molecule has 0 unspecified atom stereocenters. The van der Waals surface area contributed by atoms with Crippen LogP contribution in [0.5, 0.6) is 0 Å². The normalized spacial score (nSPS) is 17.9. The number of rotatable bonds is 16. The van der Waals surface area contributed by atoms with Gasteiger partial charge in [0.1, 0.15) is 0 Å². The molecule has 3 aromatic rings. The summed E-state index contributed by atoms with van der Waals surface area (Å²) in [5.74, 6) is -0.188. The number of benzene rings is 3. The predicted octanol–water partition coefficient (Wildman–Crippen LogP) is 6.52. The molecule has 0 aromatic heterocycles. The summed E-state index contributed by atoms with van der Waals surface area (Å²) >= 11 is 1.69. The summed E-state index contributed by atoms with van der Waals surface area (Å²) in [5.41, 5.74) is 4.48. The maximum Gasteiger partial charge on any atom is 0.303 e. The topological polar surface area (TPSA) is 134 Å². The molecular formula is C35H42N2O7S. The number of hydrogen-bond donors (Lipinski definition) is 4. The van der Waals surface area contributed by atoms with Crippen molar-refractivity contribution in [2.24, 2.45) is 0 Å². The molecule has 9 nitrogen and oxygen atoms in total. The lowest BCUT2D eigenvalue weighted by Gasteiger charge is -2.36. The minimum absolute atomic E-state index is 0.0149. The van der Waals surface area contributed by atoms with E-state index in [-0.39, 0.29) is 37.0 Å². The van der Waals surface area contributed by atoms with Gasteiger partial charge in [-0.3, -0.25) is 14.4 Å². The molecule has 240 valence electrons. The molecule has 3 atom stereocenters. The maximum absolute atomic E-state index is 12.3. The Labute approximate surface area is 268 Å². The second kappa shape index (κ2) is 17.7. The van der Waals surface area contributed by atoms with Gasteiger partial charge < -0.3 is 30.3 Å². The molecule has 10 heteroatoms. The van der Waals surface area contributed by atoms with Crippen LogP contribution in [0, 0.1) is 0 Å². The van der Waals surface area contributed by atoms with Crippen LogP contribution in [0.2, 0.25) is 0 Å². The van der Waals surface area contributed by atoms with E-state index in [0.29, 0.717) is 31.6 Å². The van der Waals surface area contributed by atoms with Crippen LogP contribution in [0.25, 0.3) is 0 Å². The fourth-order valence-corrected chi connectivity index (χ4v) is 5.97. The molecule has 2 amide bonds. The summed E-state index contributed by atoms with van der Waals surface area (Å²) in [7, 11) is 0. The molecule has 3 aromatic carbocycles. The van der Waals surface area contributed by atoms with Gasteiger partial charge in [0.05, 0.1) is 18.8 Å². The third kappa shape index (κ3) is 11.6. The van der Waals surface area contributed by atoms with Crippen molar-refractivity contribution >= 4 is 35.2 Å². The lowest BCUT2D eigenvalue weighted by molar-refractivity contribution is -0.245. The number of thioether (sulfide) groups is 1. The number of carboxylic acid groups (broad SMARTS) is 1. The van der Waals surface area contributed by atoms with Gasteiger partial charge in [-0.1, -0.05) is 61.4 Å². The Balaban J connectivity index is 1.33. The standard InChI is InChI=1S/C35H42N2O7S/c1-24(39)37-29-16-18-31(19-17-29)45-23-30-20-32(27-12-10-26(22-38)11-13-27)44-35(43-30)28-14-8-25(9-15-28)21-36-33(40)6-4-2-3-5-7-34(41)42/h8-19,30,32,35,38H,2-7,20-23H2,1H3,(H,36,40)(H,37,39)(H,41,42)/t30-,32+,35+/m0/s1. The van der Waals surface area contributed by atoms with E-state index in [4.69, 9.17) is 14.6 Å². The number of aliphatic hydroxyl groups excluding tert-OH is 1. The molecule has 0 saturated carbocycles. The Morgan fingerprint density at radius 3 is 2.11 bits per heavy atom. The molecule has 0 aliphatic carbocycles. The Morgan fingerprint density at radius 1 is 0.822 bits per heavy atom. The van der Waals surface area contributed by atoms with E-state index in [1.807, 2.05) is 72.8 Å². The minimum atomic E-state index is -0.782. The first kappa shape index (κ1) is 34.2.